The average molecular weight is 835 g/mol. The first-order valence-electron chi connectivity index (χ1n) is 18.7. The number of fused-ring (bicyclic) bond motifs is 2. The largest absolute Gasteiger partial charge is 1.00 e. The van der Waals surface area contributed by atoms with Gasteiger partial charge in [0.15, 0.2) is 5.69 Å². The molecule has 8 rings (SSSR count). The third-order valence-corrected chi connectivity index (χ3v) is 10.2. The van der Waals surface area contributed by atoms with Gasteiger partial charge in [-0.05, 0) is 103 Å². The van der Waals surface area contributed by atoms with Crippen LogP contribution in [0.25, 0.3) is 22.8 Å². The maximum absolute atomic E-state index is 13.1. The molecule has 58 heavy (non-hydrogen) atoms. The quantitative estimate of drug-likeness (QED) is 0.135. The fraction of sp³-hybridized carbons (Fsp3) is 0.273. The smallest absolute Gasteiger partial charge is 0.416 e. The Hall–Kier alpha value is -5.43. The van der Waals surface area contributed by atoms with Gasteiger partial charge in [-0.2, -0.15) is 13.2 Å². The van der Waals surface area contributed by atoms with E-state index >= 15 is 0 Å². The summed E-state index contributed by atoms with van der Waals surface area (Å²) in [5.74, 6) is 1.36. The van der Waals surface area contributed by atoms with Gasteiger partial charge in [0, 0.05) is 28.4 Å². The molecule has 0 saturated carbocycles. The van der Waals surface area contributed by atoms with Crippen molar-refractivity contribution >= 4 is 18.4 Å². The second-order valence-electron chi connectivity index (χ2n) is 14.0. The summed E-state index contributed by atoms with van der Waals surface area (Å²) in [7, 11) is 0. The summed E-state index contributed by atoms with van der Waals surface area (Å²) in [5.41, 5.74) is 3.73. The lowest BCUT2D eigenvalue weighted by Crippen LogP contribution is -3.00. The normalized spacial score (nSPS) is 14.2. The third-order valence-electron chi connectivity index (χ3n) is 10.2. The summed E-state index contributed by atoms with van der Waals surface area (Å²) in [5, 5.41) is 18.3. The number of tetrazole rings is 1. The minimum Gasteiger partial charge on any atom is -1.00 e. The SMILES string of the molecule is Cl.O=C(O)CCN1CCC2(CC1)COc1cc(OCCCc3ccccc3C(F)(F)F)ccc12.[Cl-].c1ccc(-c2nn(-c3ccccc3)[n+](-c3ccccc3)n2)cc1. The Morgan fingerprint density at radius 2 is 1.50 bits per heavy atom. The summed E-state index contributed by atoms with van der Waals surface area (Å²) in [6.45, 7) is 3.17. The van der Waals surface area contributed by atoms with Crippen LogP contribution < -0.4 is 26.7 Å². The van der Waals surface area contributed by atoms with Crippen molar-refractivity contribution in [1.29, 1.82) is 0 Å². The molecular weight excluding hydrogens is 790 g/mol. The van der Waals surface area contributed by atoms with Gasteiger partial charge in [0.25, 0.3) is 0 Å². The van der Waals surface area contributed by atoms with Crippen LogP contribution in [0, 0.1) is 0 Å². The molecule has 304 valence electrons. The van der Waals surface area contributed by atoms with Gasteiger partial charge in [-0.3, -0.25) is 4.79 Å². The van der Waals surface area contributed by atoms with Gasteiger partial charge >= 0.3 is 18.0 Å². The van der Waals surface area contributed by atoms with Crippen LogP contribution in [0.2, 0.25) is 0 Å². The zero-order valence-electron chi connectivity index (χ0n) is 31.6. The number of nitrogens with zero attached hydrogens (tertiary/aromatic N) is 5. The van der Waals surface area contributed by atoms with E-state index in [1.54, 1.807) is 6.07 Å². The van der Waals surface area contributed by atoms with Crippen LogP contribution >= 0.6 is 12.4 Å². The lowest BCUT2D eigenvalue weighted by atomic mass is 9.74. The zero-order chi connectivity index (χ0) is 39.0. The number of carboxylic acid groups (broad SMARTS) is 1. The number of hydrogen-bond acceptors (Lipinski definition) is 6. The van der Waals surface area contributed by atoms with Gasteiger partial charge in [-0.25, -0.2) is 0 Å². The molecule has 5 aromatic carbocycles. The number of carboxylic acids is 1. The maximum atomic E-state index is 13.1. The number of carbonyl (C=O) groups is 1. The van der Waals surface area contributed by atoms with Crippen molar-refractivity contribution in [3.8, 4) is 34.3 Å². The number of aryl methyl sites for hydroxylation is 1. The zero-order valence-corrected chi connectivity index (χ0v) is 33.2. The van der Waals surface area contributed by atoms with E-state index < -0.39 is 17.7 Å². The highest BCUT2D eigenvalue weighted by atomic mass is 35.5. The van der Waals surface area contributed by atoms with E-state index in [0.717, 1.165) is 60.2 Å². The van der Waals surface area contributed by atoms with E-state index in [2.05, 4.69) is 4.90 Å². The Labute approximate surface area is 347 Å². The molecule has 1 aromatic heterocycles. The second-order valence-corrected chi connectivity index (χ2v) is 14.0. The summed E-state index contributed by atoms with van der Waals surface area (Å²) < 4.78 is 51.1. The molecule has 2 aliphatic heterocycles. The minimum atomic E-state index is -4.35. The number of para-hydroxylation sites is 2. The van der Waals surface area contributed by atoms with E-state index in [0.29, 0.717) is 44.2 Å². The molecule has 0 atom stereocenters. The average Bonchev–Trinajstić information content (AvgIpc) is 3.83. The van der Waals surface area contributed by atoms with Crippen LogP contribution in [0.15, 0.2) is 133 Å². The molecule has 14 heteroatoms. The van der Waals surface area contributed by atoms with E-state index in [-0.39, 0.29) is 42.2 Å². The van der Waals surface area contributed by atoms with Gasteiger partial charge in [0.05, 0.1) is 35.9 Å². The number of likely N-dealkylation sites (tertiary alicyclic amines) is 1. The van der Waals surface area contributed by atoms with Gasteiger partial charge in [-0.1, -0.05) is 78.9 Å². The molecule has 1 saturated heterocycles. The first kappa shape index (κ1) is 43.7. The van der Waals surface area contributed by atoms with Gasteiger partial charge in [0.2, 0.25) is 0 Å². The van der Waals surface area contributed by atoms with Crippen molar-refractivity contribution in [3.63, 3.8) is 0 Å². The standard InChI is InChI=1S/C25H28F3NO4.C19H15N4.2ClH/c26-25(27,28)20-6-2-1-4-18(20)5-3-15-32-19-7-8-21-22(16-19)33-17-24(21)10-13-29(14-11-24)12-9-23(30)31;1-4-10-16(11-5-1)19-20-22(17-12-6-2-7-13-17)23(21-19)18-14-8-3-9-15-18;;/h1-2,4,6-8,16H,3,5,9-15,17H2,(H,30,31);1-15H;2*1H/q;+1;;/p-1. The number of aromatic nitrogens is 4. The molecule has 9 nitrogen and oxygen atoms in total. The summed E-state index contributed by atoms with van der Waals surface area (Å²) in [4.78, 5) is 16.6. The predicted molar refractivity (Wildman–Crippen MR) is 212 cm³/mol. The molecule has 3 heterocycles. The highest BCUT2D eigenvalue weighted by molar-refractivity contribution is 5.85. The second kappa shape index (κ2) is 19.8. The number of piperidine rings is 1. The number of rotatable bonds is 11. The van der Waals surface area contributed by atoms with Gasteiger partial charge < -0.3 is 31.9 Å². The Balaban J connectivity index is 0.000000226. The molecule has 0 unspecified atom stereocenters. The molecule has 2 aliphatic rings. The monoisotopic (exact) mass is 833 g/mol. The molecule has 0 aliphatic carbocycles. The van der Waals surface area contributed by atoms with E-state index in [9.17, 15) is 18.0 Å². The highest BCUT2D eigenvalue weighted by Crippen LogP contribution is 2.46. The fourth-order valence-electron chi connectivity index (χ4n) is 7.23. The molecular formula is C44H44Cl2F3N5O4. The summed E-state index contributed by atoms with van der Waals surface area (Å²) in [6.07, 6.45) is -1.60. The van der Waals surface area contributed by atoms with Gasteiger partial charge in [0.1, 0.15) is 17.2 Å². The summed E-state index contributed by atoms with van der Waals surface area (Å²) in [6, 6.07) is 41.5. The first-order chi connectivity index (χ1) is 27.2. The lowest BCUT2D eigenvalue weighted by Gasteiger charge is -2.38. The number of halogens is 5. The van der Waals surface area contributed by atoms with Crippen LogP contribution in [0.5, 0.6) is 11.5 Å². The van der Waals surface area contributed by atoms with Crippen LogP contribution in [0.4, 0.5) is 13.2 Å². The molecule has 6 aromatic rings. The predicted octanol–water partition coefficient (Wildman–Crippen LogP) is 5.55. The van der Waals surface area contributed by atoms with E-state index in [1.807, 2.05) is 119 Å². The molecule has 1 N–H and O–H groups in total. The minimum absolute atomic E-state index is 0. The number of ether oxygens (including phenoxy) is 2. The third kappa shape index (κ3) is 10.5. The molecule has 1 fully saturated rings. The fourth-order valence-corrected chi connectivity index (χ4v) is 7.23. The molecule has 0 amide bonds. The van der Waals surface area contributed by atoms with Crippen LogP contribution in [0.3, 0.4) is 0 Å². The number of hydrogen-bond donors (Lipinski definition) is 1. The van der Waals surface area contributed by atoms with Crippen molar-refractivity contribution < 1.29 is 49.7 Å². The van der Waals surface area contributed by atoms with Crippen molar-refractivity contribution in [2.75, 3.05) is 32.8 Å². The van der Waals surface area contributed by atoms with Crippen molar-refractivity contribution in [2.24, 2.45) is 0 Å². The van der Waals surface area contributed by atoms with Crippen molar-refractivity contribution in [1.82, 2.24) is 19.9 Å². The van der Waals surface area contributed by atoms with Gasteiger partial charge in [-0.15, -0.1) is 12.4 Å². The topological polar surface area (TPSA) is 93.6 Å². The number of aliphatic carboxylic acids is 1. The highest BCUT2D eigenvalue weighted by Gasteiger charge is 2.43. The van der Waals surface area contributed by atoms with Crippen LogP contribution in [-0.4, -0.2) is 63.8 Å². The number of benzene rings is 5. The Morgan fingerprint density at radius 3 is 2.17 bits per heavy atom. The van der Waals surface area contributed by atoms with Crippen LogP contribution in [-0.2, 0) is 22.8 Å². The van der Waals surface area contributed by atoms with Crippen molar-refractivity contribution in [2.45, 2.75) is 43.7 Å². The van der Waals surface area contributed by atoms with E-state index in [1.165, 1.54) is 12.1 Å². The van der Waals surface area contributed by atoms with Crippen molar-refractivity contribution in [3.05, 3.63) is 150 Å². The Morgan fingerprint density at radius 1 is 0.862 bits per heavy atom. The first-order valence-corrected chi connectivity index (χ1v) is 18.7. The number of alkyl halides is 3. The molecule has 0 radical (unpaired) electrons. The molecule has 0 bridgehead atoms. The summed E-state index contributed by atoms with van der Waals surface area (Å²) >= 11 is 0. The Bertz CT molecular complexity index is 2160. The Kier molecular flexibility index (Phi) is 14.9. The maximum Gasteiger partial charge on any atom is 0.416 e. The van der Waals surface area contributed by atoms with Crippen LogP contribution in [0.1, 0.15) is 42.4 Å². The van der Waals surface area contributed by atoms with E-state index in [4.69, 9.17) is 24.8 Å². The lowest BCUT2D eigenvalue weighted by molar-refractivity contribution is -0.734. The molecule has 1 spiro atoms.